The number of likely N-dealkylation sites (tertiary alicyclic amines) is 1. The molecule has 12 heavy (non-hydrogen) atoms. The molecule has 2 fully saturated rings. The first-order valence-corrected chi connectivity index (χ1v) is 5.18. The van der Waals surface area contributed by atoms with Crippen LogP contribution < -0.4 is 0 Å². The summed E-state index contributed by atoms with van der Waals surface area (Å²) in [5.74, 6) is 0.956. The van der Waals surface area contributed by atoms with Crippen molar-refractivity contribution in [3.8, 4) is 0 Å². The molecule has 0 unspecified atom stereocenters. The van der Waals surface area contributed by atoms with Gasteiger partial charge in [0.1, 0.15) is 0 Å². The molecule has 0 radical (unpaired) electrons. The lowest BCUT2D eigenvalue weighted by molar-refractivity contribution is 0.0385. The lowest BCUT2D eigenvalue weighted by Gasteiger charge is -2.36. The molecule has 2 heteroatoms. The largest absolute Gasteiger partial charge is 0.392 e. The van der Waals surface area contributed by atoms with Gasteiger partial charge in [-0.2, -0.15) is 0 Å². The minimum absolute atomic E-state index is 0.0556. The smallest absolute Gasteiger partial charge is 0.0667 e. The summed E-state index contributed by atoms with van der Waals surface area (Å²) in [5.41, 5.74) is 0. The molecule has 0 aromatic rings. The highest BCUT2D eigenvalue weighted by atomic mass is 16.3. The van der Waals surface area contributed by atoms with E-state index in [0.29, 0.717) is 6.04 Å². The van der Waals surface area contributed by atoms with Gasteiger partial charge < -0.3 is 5.11 Å². The average Bonchev–Trinajstić information content (AvgIpc) is 2.81. The molecule has 70 valence electrons. The van der Waals surface area contributed by atoms with Gasteiger partial charge in [0.15, 0.2) is 0 Å². The first-order chi connectivity index (χ1) is 5.75. The quantitative estimate of drug-likeness (QED) is 0.672. The van der Waals surface area contributed by atoms with Gasteiger partial charge in [0, 0.05) is 19.1 Å². The molecular weight excluding hydrogens is 150 g/mol. The van der Waals surface area contributed by atoms with Gasteiger partial charge in [-0.15, -0.1) is 0 Å². The zero-order valence-electron chi connectivity index (χ0n) is 7.87. The van der Waals surface area contributed by atoms with Crippen molar-refractivity contribution in [3.05, 3.63) is 0 Å². The van der Waals surface area contributed by atoms with E-state index in [-0.39, 0.29) is 6.10 Å². The number of hydrogen-bond acceptors (Lipinski definition) is 2. The van der Waals surface area contributed by atoms with Crippen molar-refractivity contribution in [2.24, 2.45) is 5.92 Å². The first-order valence-electron chi connectivity index (χ1n) is 5.18. The zero-order valence-corrected chi connectivity index (χ0v) is 7.87. The summed E-state index contributed by atoms with van der Waals surface area (Å²) in [6.45, 7) is 4.43. The Kier molecular flexibility index (Phi) is 2.37. The molecule has 0 amide bonds. The van der Waals surface area contributed by atoms with Gasteiger partial charge in [0.05, 0.1) is 6.10 Å². The van der Waals surface area contributed by atoms with Crippen molar-refractivity contribution in [2.45, 2.75) is 44.8 Å². The standard InChI is InChI=1S/C10H19NO/c1-8-2-5-10(12)7-11(8)6-9-3-4-9/h8-10,12H,2-7H2,1H3/t8-,10-/m1/s1. The van der Waals surface area contributed by atoms with Crippen molar-refractivity contribution < 1.29 is 5.11 Å². The van der Waals surface area contributed by atoms with Crippen molar-refractivity contribution in [2.75, 3.05) is 13.1 Å². The first kappa shape index (κ1) is 8.52. The second kappa shape index (κ2) is 3.35. The Balaban J connectivity index is 1.82. The minimum atomic E-state index is -0.0556. The van der Waals surface area contributed by atoms with Gasteiger partial charge in [-0.05, 0) is 38.5 Å². The molecule has 1 aliphatic heterocycles. The number of nitrogens with zero attached hydrogens (tertiary/aromatic N) is 1. The molecule has 0 bridgehead atoms. The van der Waals surface area contributed by atoms with E-state index in [0.717, 1.165) is 18.9 Å². The van der Waals surface area contributed by atoms with Crippen LogP contribution in [0.2, 0.25) is 0 Å². The van der Waals surface area contributed by atoms with Crippen LogP contribution in [-0.4, -0.2) is 35.2 Å². The number of β-amino-alcohol motifs (C(OH)–C–C–N with tert-alkyl or cyclic N) is 1. The highest BCUT2D eigenvalue weighted by Gasteiger charge is 2.30. The van der Waals surface area contributed by atoms with Crippen LogP contribution in [0.15, 0.2) is 0 Å². The second-order valence-electron chi connectivity index (χ2n) is 4.48. The molecule has 2 rings (SSSR count). The van der Waals surface area contributed by atoms with Crippen LogP contribution in [0.5, 0.6) is 0 Å². The Labute approximate surface area is 74.6 Å². The lowest BCUT2D eigenvalue weighted by atomic mass is 10.0. The highest BCUT2D eigenvalue weighted by Crippen LogP contribution is 2.31. The summed E-state index contributed by atoms with van der Waals surface area (Å²) < 4.78 is 0. The van der Waals surface area contributed by atoms with Gasteiger partial charge in [0.2, 0.25) is 0 Å². The molecule has 0 aromatic heterocycles. The van der Waals surface area contributed by atoms with E-state index in [2.05, 4.69) is 11.8 Å². The third-order valence-electron chi connectivity index (χ3n) is 3.18. The van der Waals surface area contributed by atoms with Crippen LogP contribution in [0, 0.1) is 5.92 Å². The number of aliphatic hydroxyl groups excluding tert-OH is 1. The van der Waals surface area contributed by atoms with E-state index < -0.39 is 0 Å². The van der Waals surface area contributed by atoms with E-state index >= 15 is 0 Å². The van der Waals surface area contributed by atoms with Gasteiger partial charge >= 0.3 is 0 Å². The predicted molar refractivity (Wildman–Crippen MR) is 49.0 cm³/mol. The van der Waals surface area contributed by atoms with Crippen LogP contribution >= 0.6 is 0 Å². The van der Waals surface area contributed by atoms with E-state index in [4.69, 9.17) is 0 Å². The average molecular weight is 169 g/mol. The SMILES string of the molecule is C[C@@H]1CC[C@@H](O)CN1CC1CC1. The second-order valence-corrected chi connectivity index (χ2v) is 4.48. The van der Waals surface area contributed by atoms with E-state index in [1.807, 2.05) is 0 Å². The number of rotatable bonds is 2. The molecule has 0 spiro atoms. The van der Waals surface area contributed by atoms with Crippen molar-refractivity contribution in [1.29, 1.82) is 0 Å². The van der Waals surface area contributed by atoms with Crippen LogP contribution in [-0.2, 0) is 0 Å². The van der Waals surface area contributed by atoms with E-state index in [1.165, 1.54) is 25.8 Å². The zero-order chi connectivity index (χ0) is 8.55. The maximum atomic E-state index is 9.49. The van der Waals surface area contributed by atoms with Crippen molar-refractivity contribution >= 4 is 0 Å². The normalized spacial score (nSPS) is 38.5. The maximum absolute atomic E-state index is 9.49. The Hall–Kier alpha value is -0.0800. The van der Waals surface area contributed by atoms with Crippen molar-refractivity contribution in [1.82, 2.24) is 4.90 Å². The topological polar surface area (TPSA) is 23.5 Å². The fourth-order valence-corrected chi connectivity index (χ4v) is 2.04. The maximum Gasteiger partial charge on any atom is 0.0667 e. The number of piperidine rings is 1. The number of aliphatic hydroxyl groups is 1. The fraction of sp³-hybridized carbons (Fsp3) is 1.00. The molecular formula is C10H19NO. The molecule has 1 heterocycles. The summed E-state index contributed by atoms with van der Waals surface area (Å²) >= 11 is 0. The lowest BCUT2D eigenvalue weighted by Crippen LogP contribution is -2.44. The molecule has 2 aliphatic rings. The molecule has 2 nitrogen and oxygen atoms in total. The van der Waals surface area contributed by atoms with Crippen LogP contribution in [0.1, 0.15) is 32.6 Å². The summed E-state index contributed by atoms with van der Waals surface area (Å²) in [6, 6.07) is 0.703. The van der Waals surface area contributed by atoms with Gasteiger partial charge in [-0.1, -0.05) is 0 Å². The summed E-state index contributed by atoms with van der Waals surface area (Å²) in [4.78, 5) is 2.46. The monoisotopic (exact) mass is 169 g/mol. The highest BCUT2D eigenvalue weighted by molar-refractivity contribution is 4.84. The molecule has 1 aliphatic carbocycles. The van der Waals surface area contributed by atoms with E-state index in [1.54, 1.807) is 0 Å². The van der Waals surface area contributed by atoms with Crippen LogP contribution in [0.25, 0.3) is 0 Å². The molecule has 2 atom stereocenters. The van der Waals surface area contributed by atoms with Crippen molar-refractivity contribution in [3.63, 3.8) is 0 Å². The molecule has 1 N–H and O–H groups in total. The summed E-state index contributed by atoms with van der Waals surface area (Å²) in [5, 5.41) is 9.49. The van der Waals surface area contributed by atoms with Gasteiger partial charge in [-0.3, -0.25) is 4.90 Å². The third kappa shape index (κ3) is 1.99. The summed E-state index contributed by atoms with van der Waals surface area (Å²) in [6.07, 6.45) is 4.95. The number of hydrogen-bond donors (Lipinski definition) is 1. The van der Waals surface area contributed by atoms with Crippen LogP contribution in [0.3, 0.4) is 0 Å². The summed E-state index contributed by atoms with van der Waals surface area (Å²) in [7, 11) is 0. The van der Waals surface area contributed by atoms with Gasteiger partial charge in [-0.25, -0.2) is 0 Å². The molecule has 1 saturated carbocycles. The Morgan fingerprint density at radius 1 is 1.25 bits per heavy atom. The Morgan fingerprint density at radius 2 is 2.00 bits per heavy atom. The Bertz CT molecular complexity index is 154. The van der Waals surface area contributed by atoms with Crippen LogP contribution in [0.4, 0.5) is 0 Å². The van der Waals surface area contributed by atoms with E-state index in [9.17, 15) is 5.11 Å². The minimum Gasteiger partial charge on any atom is -0.392 e. The fourth-order valence-electron chi connectivity index (χ4n) is 2.04. The Morgan fingerprint density at radius 3 is 2.67 bits per heavy atom. The predicted octanol–water partition coefficient (Wildman–Crippen LogP) is 1.24. The van der Waals surface area contributed by atoms with Gasteiger partial charge in [0.25, 0.3) is 0 Å². The third-order valence-corrected chi connectivity index (χ3v) is 3.18. The molecule has 1 saturated heterocycles. The molecule has 0 aromatic carbocycles.